The van der Waals surface area contributed by atoms with Crippen molar-refractivity contribution in [3.8, 4) is 22.6 Å². The first-order valence-corrected chi connectivity index (χ1v) is 14.2. The first-order valence-electron chi connectivity index (χ1n) is 14.2. The maximum atomic E-state index is 15.0. The molecule has 0 bridgehead atoms. The molecule has 0 aliphatic heterocycles. The molecule has 0 atom stereocenters. The average Bonchev–Trinajstić information content (AvgIpc) is 2.95. The Bertz CT molecular complexity index is 1220. The van der Waals surface area contributed by atoms with Crippen LogP contribution in [-0.2, 0) is 6.61 Å². The summed E-state index contributed by atoms with van der Waals surface area (Å²) in [7, 11) is 0. The van der Waals surface area contributed by atoms with Crippen LogP contribution in [0.15, 0.2) is 48.5 Å². The van der Waals surface area contributed by atoms with Gasteiger partial charge in [0.15, 0.2) is 23.2 Å². The summed E-state index contributed by atoms with van der Waals surface area (Å²) in [4.78, 5) is 0. The first-order chi connectivity index (χ1) is 18.9. The van der Waals surface area contributed by atoms with E-state index in [0.29, 0.717) is 29.4 Å². The van der Waals surface area contributed by atoms with Crippen LogP contribution in [0.4, 0.5) is 17.6 Å². The molecule has 0 heterocycles. The monoisotopic (exact) mass is 542 g/mol. The van der Waals surface area contributed by atoms with Crippen molar-refractivity contribution < 1.29 is 27.0 Å². The fourth-order valence-corrected chi connectivity index (χ4v) is 5.25. The lowest BCUT2D eigenvalue weighted by molar-refractivity contribution is 0.276. The molecule has 4 rings (SSSR count). The summed E-state index contributed by atoms with van der Waals surface area (Å²) in [5.41, 5.74) is 1.21. The van der Waals surface area contributed by atoms with Crippen molar-refractivity contribution in [2.24, 2.45) is 5.92 Å². The van der Waals surface area contributed by atoms with Gasteiger partial charge in [0.25, 0.3) is 0 Å². The van der Waals surface area contributed by atoms with Crippen molar-refractivity contribution in [2.45, 2.75) is 84.2 Å². The van der Waals surface area contributed by atoms with Crippen LogP contribution in [0.1, 0.15) is 88.7 Å². The van der Waals surface area contributed by atoms with Crippen molar-refractivity contribution in [2.75, 3.05) is 6.61 Å². The molecule has 1 aliphatic carbocycles. The van der Waals surface area contributed by atoms with E-state index in [0.717, 1.165) is 57.8 Å². The third kappa shape index (κ3) is 7.34. The van der Waals surface area contributed by atoms with Crippen LogP contribution in [0.25, 0.3) is 11.1 Å². The summed E-state index contributed by atoms with van der Waals surface area (Å²) in [6, 6.07) is 12.7. The summed E-state index contributed by atoms with van der Waals surface area (Å²) in [5.74, 6) is -2.65. The number of hydrogen-bond acceptors (Lipinski definition) is 2. The number of ether oxygens (including phenoxy) is 2. The fourth-order valence-electron chi connectivity index (χ4n) is 5.25. The standard InChI is InChI=1S/C33H38F4O2/c1-3-4-5-6-7-20-38-29-19-14-25(30(34)33(29)37)21-39-26-15-12-24(13-16-26)28-18-17-27(31(35)32(28)36)23-10-8-22(2)9-11-23/h12-19,22-23H,3-11,20-21H2,1-2H3. The van der Waals surface area contributed by atoms with Crippen molar-refractivity contribution >= 4 is 0 Å². The second-order valence-electron chi connectivity index (χ2n) is 10.7. The van der Waals surface area contributed by atoms with Crippen molar-refractivity contribution in [3.05, 3.63) is 82.9 Å². The molecule has 210 valence electrons. The average molecular weight is 543 g/mol. The van der Waals surface area contributed by atoms with E-state index in [1.54, 1.807) is 36.4 Å². The van der Waals surface area contributed by atoms with Gasteiger partial charge in [0.1, 0.15) is 12.4 Å². The van der Waals surface area contributed by atoms with Gasteiger partial charge in [-0.25, -0.2) is 13.2 Å². The Morgan fingerprint density at radius 2 is 1.41 bits per heavy atom. The van der Waals surface area contributed by atoms with E-state index in [1.807, 2.05) is 0 Å². The Hall–Kier alpha value is -3.02. The summed E-state index contributed by atoms with van der Waals surface area (Å²) >= 11 is 0. The highest BCUT2D eigenvalue weighted by Crippen LogP contribution is 2.39. The van der Waals surface area contributed by atoms with Gasteiger partial charge >= 0.3 is 0 Å². The molecule has 0 unspecified atom stereocenters. The van der Waals surface area contributed by atoms with E-state index in [9.17, 15) is 13.2 Å². The molecule has 0 amide bonds. The molecule has 6 heteroatoms. The van der Waals surface area contributed by atoms with E-state index in [1.165, 1.54) is 12.1 Å². The third-order valence-corrected chi connectivity index (χ3v) is 7.76. The Labute approximate surface area is 229 Å². The minimum absolute atomic E-state index is 0.0573. The van der Waals surface area contributed by atoms with Crippen LogP contribution in [0, 0.1) is 29.2 Å². The molecule has 3 aromatic rings. The number of unbranched alkanes of at least 4 members (excludes halogenated alkanes) is 4. The fraction of sp³-hybridized carbons (Fsp3) is 0.455. The molecule has 3 aromatic carbocycles. The van der Waals surface area contributed by atoms with Crippen molar-refractivity contribution in [1.82, 2.24) is 0 Å². The van der Waals surface area contributed by atoms with Crippen LogP contribution < -0.4 is 9.47 Å². The lowest BCUT2D eigenvalue weighted by atomic mass is 9.79. The van der Waals surface area contributed by atoms with E-state index < -0.39 is 23.3 Å². The second-order valence-corrected chi connectivity index (χ2v) is 10.7. The normalized spacial score (nSPS) is 17.3. The topological polar surface area (TPSA) is 18.5 Å². The Balaban J connectivity index is 1.35. The lowest BCUT2D eigenvalue weighted by Crippen LogP contribution is -2.13. The van der Waals surface area contributed by atoms with E-state index in [2.05, 4.69) is 13.8 Å². The molecule has 39 heavy (non-hydrogen) atoms. The highest BCUT2D eigenvalue weighted by atomic mass is 19.2. The number of benzene rings is 3. The Kier molecular flexibility index (Phi) is 10.3. The minimum atomic E-state index is -1.02. The zero-order valence-electron chi connectivity index (χ0n) is 22.9. The highest BCUT2D eigenvalue weighted by Gasteiger charge is 2.25. The molecule has 0 aromatic heterocycles. The molecule has 2 nitrogen and oxygen atoms in total. The van der Waals surface area contributed by atoms with E-state index >= 15 is 4.39 Å². The predicted octanol–water partition coefficient (Wildman–Crippen LogP) is 10.1. The first kappa shape index (κ1) is 29.0. The SMILES string of the molecule is CCCCCCCOc1ccc(COc2ccc(-c3ccc(C4CCC(C)CC4)c(F)c3F)cc2)c(F)c1F. The molecule has 1 fully saturated rings. The predicted molar refractivity (Wildman–Crippen MR) is 147 cm³/mol. The van der Waals surface area contributed by atoms with Gasteiger partial charge in [-0.05, 0) is 66.5 Å². The molecule has 0 N–H and O–H groups in total. The smallest absolute Gasteiger partial charge is 0.201 e. The number of halogens is 4. The Morgan fingerprint density at radius 3 is 2.13 bits per heavy atom. The highest BCUT2D eigenvalue weighted by molar-refractivity contribution is 5.65. The van der Waals surface area contributed by atoms with Crippen LogP contribution in [0.2, 0.25) is 0 Å². The van der Waals surface area contributed by atoms with E-state index in [4.69, 9.17) is 9.47 Å². The summed E-state index contributed by atoms with van der Waals surface area (Å²) in [6.07, 6.45) is 9.00. The van der Waals surface area contributed by atoms with Gasteiger partial charge in [-0.2, -0.15) is 4.39 Å². The van der Waals surface area contributed by atoms with Gasteiger partial charge in [0.2, 0.25) is 5.82 Å². The van der Waals surface area contributed by atoms with Gasteiger partial charge in [-0.3, -0.25) is 0 Å². The minimum Gasteiger partial charge on any atom is -0.490 e. The van der Waals surface area contributed by atoms with Crippen molar-refractivity contribution in [1.29, 1.82) is 0 Å². The summed E-state index contributed by atoms with van der Waals surface area (Å²) in [6.45, 7) is 4.49. The zero-order chi connectivity index (χ0) is 27.8. The maximum absolute atomic E-state index is 15.0. The maximum Gasteiger partial charge on any atom is 0.201 e. The number of rotatable bonds is 12. The van der Waals surface area contributed by atoms with E-state index in [-0.39, 0.29) is 29.4 Å². The lowest BCUT2D eigenvalue weighted by Gasteiger charge is -2.27. The van der Waals surface area contributed by atoms with Gasteiger partial charge in [0.05, 0.1) is 6.61 Å². The zero-order valence-corrected chi connectivity index (χ0v) is 22.9. The van der Waals surface area contributed by atoms with Crippen LogP contribution in [-0.4, -0.2) is 6.61 Å². The quantitative estimate of drug-likeness (QED) is 0.167. The largest absolute Gasteiger partial charge is 0.490 e. The number of hydrogen-bond donors (Lipinski definition) is 0. The molecule has 0 radical (unpaired) electrons. The molecular formula is C33H38F4O2. The molecule has 1 saturated carbocycles. The van der Waals surface area contributed by atoms with Gasteiger partial charge in [0, 0.05) is 11.1 Å². The third-order valence-electron chi connectivity index (χ3n) is 7.76. The molecule has 0 spiro atoms. The second kappa shape index (κ2) is 13.9. The summed E-state index contributed by atoms with van der Waals surface area (Å²) in [5, 5.41) is 0. The van der Waals surface area contributed by atoms with Gasteiger partial charge < -0.3 is 9.47 Å². The molecule has 0 saturated heterocycles. The van der Waals surface area contributed by atoms with Crippen LogP contribution in [0.5, 0.6) is 11.5 Å². The van der Waals surface area contributed by atoms with Crippen molar-refractivity contribution in [3.63, 3.8) is 0 Å². The molecular weight excluding hydrogens is 504 g/mol. The Morgan fingerprint density at radius 1 is 0.692 bits per heavy atom. The van der Waals surface area contributed by atoms with Crippen LogP contribution >= 0.6 is 0 Å². The molecule has 1 aliphatic rings. The van der Waals surface area contributed by atoms with Crippen LogP contribution in [0.3, 0.4) is 0 Å². The summed E-state index contributed by atoms with van der Waals surface area (Å²) < 4.78 is 70.1. The van der Waals surface area contributed by atoms with Gasteiger partial charge in [-0.15, -0.1) is 0 Å². The van der Waals surface area contributed by atoms with Gasteiger partial charge in [-0.1, -0.05) is 76.6 Å².